The first-order chi connectivity index (χ1) is 6.29. The van der Waals surface area contributed by atoms with Crippen molar-refractivity contribution < 1.29 is 0 Å². The molecule has 0 fully saturated rings. The molecule has 1 aliphatic heterocycles. The van der Waals surface area contributed by atoms with Crippen molar-refractivity contribution in [3.05, 3.63) is 33.8 Å². The third-order valence-electron chi connectivity index (χ3n) is 1.61. The van der Waals surface area contributed by atoms with Crippen LogP contribution in [0.2, 0.25) is 10.0 Å². The van der Waals surface area contributed by atoms with Gasteiger partial charge in [-0.25, -0.2) is 5.53 Å². The predicted octanol–water partition coefficient (Wildman–Crippen LogP) is 1.27. The molecule has 0 aromatic heterocycles. The summed E-state index contributed by atoms with van der Waals surface area (Å²) in [4.78, 5) is 0. The highest BCUT2D eigenvalue weighted by Crippen LogP contribution is 2.25. The molecule has 1 aromatic rings. The largest absolute Gasteiger partial charge is 0.285 e. The molecule has 13 heavy (non-hydrogen) atoms. The Labute approximate surface area is 84.9 Å². The zero-order valence-corrected chi connectivity index (χ0v) is 7.95. The summed E-state index contributed by atoms with van der Waals surface area (Å²) < 4.78 is 0. The fourth-order valence-corrected chi connectivity index (χ4v) is 1.40. The minimum atomic E-state index is 0.487. The molecule has 6 heteroatoms. The van der Waals surface area contributed by atoms with Gasteiger partial charge in [0.1, 0.15) is 0 Å². The van der Waals surface area contributed by atoms with Gasteiger partial charge >= 0.3 is 0 Å². The van der Waals surface area contributed by atoms with Crippen LogP contribution in [0, 0.1) is 0 Å². The number of nitrogens with one attached hydrogen (secondary N) is 3. The first kappa shape index (κ1) is 8.62. The number of benzene rings is 1. The van der Waals surface area contributed by atoms with Crippen LogP contribution in [-0.2, 0) is 0 Å². The van der Waals surface area contributed by atoms with Crippen LogP contribution in [0.4, 0.5) is 0 Å². The van der Waals surface area contributed by atoms with Crippen LogP contribution in [0.25, 0.3) is 0 Å². The van der Waals surface area contributed by atoms with Gasteiger partial charge in [0.25, 0.3) is 0 Å². The summed E-state index contributed by atoms with van der Waals surface area (Å²) >= 11 is 11.8. The van der Waals surface area contributed by atoms with Crippen molar-refractivity contribution in [3.8, 4) is 0 Å². The molecule has 68 valence electrons. The van der Waals surface area contributed by atoms with Crippen molar-refractivity contribution in [1.29, 1.82) is 0 Å². The summed E-state index contributed by atoms with van der Waals surface area (Å²) in [6, 6.07) is 5.37. The number of hydrogen-bond donors (Lipinski definition) is 3. The fourth-order valence-electron chi connectivity index (χ4n) is 1.01. The molecule has 0 spiro atoms. The average Bonchev–Trinajstić information content (AvgIpc) is 2.62. The second kappa shape index (κ2) is 3.41. The summed E-state index contributed by atoms with van der Waals surface area (Å²) in [6.07, 6.45) is 0. The number of rotatable bonds is 1. The van der Waals surface area contributed by atoms with Gasteiger partial charge in [-0.15, -0.1) is 10.6 Å². The number of amidine groups is 1. The summed E-state index contributed by atoms with van der Waals surface area (Å²) in [5.41, 5.74) is 8.70. The van der Waals surface area contributed by atoms with Crippen LogP contribution < -0.4 is 16.5 Å². The van der Waals surface area contributed by atoms with E-state index < -0.39 is 0 Å². The Hall–Kier alpha value is -0.970. The van der Waals surface area contributed by atoms with Gasteiger partial charge in [0.15, 0.2) is 5.84 Å². The standard InChI is InChI=1S/C7H6Cl2N4/c8-5-3-1-2-4(6(5)9)7-10-12-13-11-7/h1-3,12-13H,(H,10,11). The van der Waals surface area contributed by atoms with Crippen LogP contribution in [0.1, 0.15) is 5.56 Å². The van der Waals surface area contributed by atoms with Crippen molar-refractivity contribution in [2.75, 3.05) is 0 Å². The number of halogens is 2. The molecule has 1 heterocycles. The molecule has 0 radical (unpaired) electrons. The van der Waals surface area contributed by atoms with Crippen LogP contribution in [0.5, 0.6) is 0 Å². The van der Waals surface area contributed by atoms with E-state index in [0.29, 0.717) is 15.9 Å². The zero-order chi connectivity index (χ0) is 9.26. The Balaban J connectivity index is 2.45. The first-order valence-electron chi connectivity index (χ1n) is 3.57. The third-order valence-corrected chi connectivity index (χ3v) is 2.43. The third kappa shape index (κ3) is 1.56. The lowest BCUT2D eigenvalue weighted by molar-refractivity contribution is 0.577. The molecule has 3 N–H and O–H groups in total. The topological polar surface area (TPSA) is 48.5 Å². The number of hydrazine groups is 2. The van der Waals surface area contributed by atoms with E-state index in [1.165, 1.54) is 0 Å². The average molecular weight is 217 g/mol. The summed E-state index contributed by atoms with van der Waals surface area (Å²) in [5.74, 6) is 0.618. The highest BCUT2D eigenvalue weighted by atomic mass is 35.5. The smallest absolute Gasteiger partial charge is 0.171 e. The van der Waals surface area contributed by atoms with E-state index in [0.717, 1.165) is 5.56 Å². The van der Waals surface area contributed by atoms with E-state index in [9.17, 15) is 0 Å². The monoisotopic (exact) mass is 216 g/mol. The van der Waals surface area contributed by atoms with Crippen LogP contribution in [-0.4, -0.2) is 5.84 Å². The Kier molecular flexibility index (Phi) is 2.26. The molecule has 1 aromatic carbocycles. The quantitative estimate of drug-likeness (QED) is 0.663. The van der Waals surface area contributed by atoms with E-state index in [4.69, 9.17) is 23.2 Å². The van der Waals surface area contributed by atoms with Gasteiger partial charge in [-0.05, 0) is 12.1 Å². The van der Waals surface area contributed by atoms with Gasteiger partial charge in [-0.3, -0.25) is 5.43 Å². The maximum absolute atomic E-state index is 5.96. The zero-order valence-electron chi connectivity index (χ0n) is 6.44. The Morgan fingerprint density at radius 1 is 1.23 bits per heavy atom. The predicted molar refractivity (Wildman–Crippen MR) is 52.4 cm³/mol. The highest BCUT2D eigenvalue weighted by molar-refractivity contribution is 6.44. The molecule has 0 saturated heterocycles. The van der Waals surface area contributed by atoms with Crippen molar-refractivity contribution in [2.24, 2.45) is 5.10 Å². The van der Waals surface area contributed by atoms with Gasteiger partial charge in [0.05, 0.1) is 10.0 Å². The van der Waals surface area contributed by atoms with E-state index in [1.807, 2.05) is 12.1 Å². The lowest BCUT2D eigenvalue weighted by atomic mass is 10.2. The molecular weight excluding hydrogens is 211 g/mol. The second-order valence-electron chi connectivity index (χ2n) is 2.42. The van der Waals surface area contributed by atoms with E-state index in [1.54, 1.807) is 6.07 Å². The Morgan fingerprint density at radius 2 is 2.08 bits per heavy atom. The lowest BCUT2D eigenvalue weighted by Crippen LogP contribution is -2.35. The molecule has 0 bridgehead atoms. The van der Waals surface area contributed by atoms with Crippen molar-refractivity contribution >= 4 is 29.0 Å². The normalized spacial score (nSPS) is 14.8. The van der Waals surface area contributed by atoms with Crippen LogP contribution >= 0.6 is 23.2 Å². The second-order valence-corrected chi connectivity index (χ2v) is 3.21. The molecule has 0 aliphatic carbocycles. The molecule has 2 rings (SSSR count). The maximum atomic E-state index is 5.96. The summed E-state index contributed by atoms with van der Waals surface area (Å²) in [6.45, 7) is 0. The van der Waals surface area contributed by atoms with Gasteiger partial charge < -0.3 is 0 Å². The lowest BCUT2D eigenvalue weighted by Gasteiger charge is -2.03. The molecule has 0 unspecified atom stereocenters. The van der Waals surface area contributed by atoms with Crippen LogP contribution in [0.15, 0.2) is 23.3 Å². The number of hydrogen-bond acceptors (Lipinski definition) is 4. The molecule has 1 aliphatic rings. The molecular formula is C7H6Cl2N4. The van der Waals surface area contributed by atoms with Crippen LogP contribution in [0.3, 0.4) is 0 Å². The molecule has 0 atom stereocenters. The SMILES string of the molecule is Clc1cccc(C2=NNNN2)c1Cl. The minimum Gasteiger partial charge on any atom is -0.285 e. The van der Waals surface area contributed by atoms with Gasteiger partial charge in [-0.2, -0.15) is 0 Å². The maximum Gasteiger partial charge on any atom is 0.171 e. The van der Waals surface area contributed by atoms with Gasteiger partial charge in [0, 0.05) is 5.56 Å². The van der Waals surface area contributed by atoms with Crippen molar-refractivity contribution in [2.45, 2.75) is 0 Å². The van der Waals surface area contributed by atoms with Crippen molar-refractivity contribution in [1.82, 2.24) is 16.5 Å². The van der Waals surface area contributed by atoms with Gasteiger partial charge in [-0.1, -0.05) is 29.3 Å². The fraction of sp³-hybridized carbons (Fsp3) is 0. The van der Waals surface area contributed by atoms with Crippen molar-refractivity contribution in [3.63, 3.8) is 0 Å². The minimum absolute atomic E-state index is 0.487. The van der Waals surface area contributed by atoms with Gasteiger partial charge in [0.2, 0.25) is 0 Å². The summed E-state index contributed by atoms with van der Waals surface area (Å²) in [7, 11) is 0. The molecule has 0 saturated carbocycles. The van der Waals surface area contributed by atoms with E-state index in [-0.39, 0.29) is 0 Å². The highest BCUT2D eigenvalue weighted by Gasteiger charge is 2.12. The molecule has 0 amide bonds. The number of nitrogens with zero attached hydrogens (tertiary/aromatic N) is 1. The Bertz CT molecular complexity index is 364. The van der Waals surface area contributed by atoms with E-state index in [2.05, 4.69) is 21.6 Å². The number of hydrazone groups is 1. The molecule has 4 nitrogen and oxygen atoms in total. The summed E-state index contributed by atoms with van der Waals surface area (Å²) in [5, 5.41) is 4.91. The first-order valence-corrected chi connectivity index (χ1v) is 4.33. The Morgan fingerprint density at radius 3 is 2.77 bits per heavy atom. The van der Waals surface area contributed by atoms with E-state index >= 15 is 0 Å².